The number of aromatic amines is 1. The van der Waals surface area contributed by atoms with Crippen molar-refractivity contribution in [2.24, 2.45) is 7.05 Å². The van der Waals surface area contributed by atoms with Gasteiger partial charge in [0.2, 0.25) is 0 Å². The third-order valence-electron chi connectivity index (χ3n) is 3.73. The number of aromatic nitrogens is 2. The summed E-state index contributed by atoms with van der Waals surface area (Å²) in [4.78, 5) is 25.4. The van der Waals surface area contributed by atoms with Gasteiger partial charge in [-0.25, -0.2) is 4.79 Å². The van der Waals surface area contributed by atoms with Gasteiger partial charge in [-0.1, -0.05) is 30.3 Å². The van der Waals surface area contributed by atoms with Crippen LogP contribution in [0.3, 0.4) is 0 Å². The highest BCUT2D eigenvalue weighted by Crippen LogP contribution is 2.16. The Balaban J connectivity index is 1.64. The fraction of sp³-hybridized carbons (Fsp3) is 0.333. The molecule has 0 spiro atoms. The van der Waals surface area contributed by atoms with Gasteiger partial charge in [0, 0.05) is 19.2 Å². The molecule has 1 amide bonds. The molecule has 0 aliphatic carbocycles. The maximum absolute atomic E-state index is 12.1. The fourth-order valence-electron chi connectivity index (χ4n) is 2.55. The molecule has 0 unspecified atom stereocenters. The number of aryl methyl sites for hydroxylation is 1. The van der Waals surface area contributed by atoms with Crippen LogP contribution in [0.1, 0.15) is 16.8 Å². The van der Waals surface area contributed by atoms with Crippen LogP contribution < -0.4 is 5.56 Å². The SMILES string of the molecule is Cn1[nH]c(=O)c2c1CN(C(=O)OCc1ccccc1)CC2. The van der Waals surface area contributed by atoms with E-state index in [4.69, 9.17) is 4.74 Å². The zero-order valence-electron chi connectivity index (χ0n) is 11.8. The lowest BCUT2D eigenvalue weighted by atomic mass is 10.1. The zero-order chi connectivity index (χ0) is 14.8. The van der Waals surface area contributed by atoms with Crippen LogP contribution in [0.25, 0.3) is 0 Å². The number of hydrogen-bond acceptors (Lipinski definition) is 3. The predicted molar refractivity (Wildman–Crippen MR) is 76.8 cm³/mol. The van der Waals surface area contributed by atoms with Gasteiger partial charge in [0.1, 0.15) is 6.61 Å². The van der Waals surface area contributed by atoms with E-state index in [1.54, 1.807) is 16.6 Å². The third kappa shape index (κ3) is 2.69. The van der Waals surface area contributed by atoms with Crippen LogP contribution in [-0.2, 0) is 31.4 Å². The first-order valence-corrected chi connectivity index (χ1v) is 6.87. The Labute approximate surface area is 121 Å². The Morgan fingerprint density at radius 3 is 2.86 bits per heavy atom. The molecular formula is C15H17N3O3. The summed E-state index contributed by atoms with van der Waals surface area (Å²) in [5, 5.41) is 2.72. The van der Waals surface area contributed by atoms with Crippen LogP contribution in [0.15, 0.2) is 35.1 Å². The van der Waals surface area contributed by atoms with Crippen molar-refractivity contribution in [3.8, 4) is 0 Å². The minimum Gasteiger partial charge on any atom is -0.445 e. The average molecular weight is 287 g/mol. The maximum Gasteiger partial charge on any atom is 0.410 e. The van der Waals surface area contributed by atoms with E-state index in [0.29, 0.717) is 19.5 Å². The summed E-state index contributed by atoms with van der Waals surface area (Å²) in [6.45, 7) is 1.17. The molecule has 6 heteroatoms. The first-order valence-electron chi connectivity index (χ1n) is 6.87. The standard InChI is InChI=1S/C15H17N3O3/c1-17-13-9-18(8-7-12(13)14(19)16-17)15(20)21-10-11-5-3-2-4-6-11/h2-6H,7-10H2,1H3,(H,16,19). The van der Waals surface area contributed by atoms with Gasteiger partial charge in [0.05, 0.1) is 12.2 Å². The number of carbonyl (C=O) groups is 1. The van der Waals surface area contributed by atoms with Crippen LogP contribution in [-0.4, -0.2) is 27.3 Å². The molecule has 0 saturated heterocycles. The van der Waals surface area contributed by atoms with Gasteiger partial charge in [-0.2, -0.15) is 0 Å². The van der Waals surface area contributed by atoms with Crippen LogP contribution >= 0.6 is 0 Å². The molecule has 0 bridgehead atoms. The number of nitrogens with one attached hydrogen (secondary N) is 1. The van der Waals surface area contributed by atoms with Crippen molar-refractivity contribution in [2.45, 2.75) is 19.6 Å². The van der Waals surface area contributed by atoms with Gasteiger partial charge in [-0.15, -0.1) is 0 Å². The second-order valence-electron chi connectivity index (χ2n) is 5.14. The minimum absolute atomic E-state index is 0.0650. The summed E-state index contributed by atoms with van der Waals surface area (Å²) in [6, 6.07) is 9.57. The number of ether oxygens (including phenoxy) is 1. The van der Waals surface area contributed by atoms with Crippen molar-refractivity contribution in [2.75, 3.05) is 6.54 Å². The minimum atomic E-state index is -0.349. The van der Waals surface area contributed by atoms with Crippen LogP contribution in [0, 0.1) is 0 Å². The van der Waals surface area contributed by atoms with Gasteiger partial charge in [0.15, 0.2) is 0 Å². The maximum atomic E-state index is 12.1. The molecule has 0 saturated carbocycles. The molecule has 2 heterocycles. The second kappa shape index (κ2) is 5.47. The van der Waals surface area contributed by atoms with E-state index in [1.165, 1.54) is 0 Å². The fourth-order valence-corrected chi connectivity index (χ4v) is 2.55. The van der Waals surface area contributed by atoms with Crippen molar-refractivity contribution < 1.29 is 9.53 Å². The molecule has 21 heavy (non-hydrogen) atoms. The van der Waals surface area contributed by atoms with Crippen LogP contribution in [0.4, 0.5) is 4.79 Å². The monoisotopic (exact) mass is 287 g/mol. The quantitative estimate of drug-likeness (QED) is 0.908. The number of benzene rings is 1. The lowest BCUT2D eigenvalue weighted by molar-refractivity contribution is 0.0909. The Bertz CT molecular complexity index is 703. The number of nitrogens with zero attached hydrogens (tertiary/aromatic N) is 2. The lowest BCUT2D eigenvalue weighted by Gasteiger charge is -2.26. The second-order valence-corrected chi connectivity index (χ2v) is 5.14. The lowest BCUT2D eigenvalue weighted by Crippen LogP contribution is -2.37. The van der Waals surface area contributed by atoms with Gasteiger partial charge in [-0.05, 0) is 12.0 Å². The first kappa shape index (κ1) is 13.5. The summed E-state index contributed by atoms with van der Waals surface area (Å²) in [5.74, 6) is 0. The molecule has 1 aromatic carbocycles. The summed E-state index contributed by atoms with van der Waals surface area (Å²) >= 11 is 0. The smallest absolute Gasteiger partial charge is 0.410 e. The molecular weight excluding hydrogens is 270 g/mol. The first-order chi connectivity index (χ1) is 10.1. The summed E-state index contributed by atoms with van der Waals surface area (Å²) in [5.41, 5.74) is 2.51. The Morgan fingerprint density at radius 1 is 1.33 bits per heavy atom. The van der Waals surface area contributed by atoms with Gasteiger partial charge < -0.3 is 9.64 Å². The molecule has 2 aromatic rings. The third-order valence-corrected chi connectivity index (χ3v) is 3.73. The van der Waals surface area contributed by atoms with E-state index in [2.05, 4.69) is 5.10 Å². The number of H-pyrrole nitrogens is 1. The topological polar surface area (TPSA) is 67.3 Å². The van der Waals surface area contributed by atoms with E-state index in [-0.39, 0.29) is 18.3 Å². The number of rotatable bonds is 2. The summed E-state index contributed by atoms with van der Waals surface area (Å²) in [6.07, 6.45) is 0.213. The number of hydrogen-bond donors (Lipinski definition) is 1. The molecule has 1 aliphatic rings. The molecule has 0 atom stereocenters. The molecule has 1 N–H and O–H groups in total. The van der Waals surface area contributed by atoms with Gasteiger partial charge in [0.25, 0.3) is 5.56 Å². The molecule has 6 nitrogen and oxygen atoms in total. The molecule has 110 valence electrons. The Hall–Kier alpha value is -2.50. The van der Waals surface area contributed by atoms with E-state index in [1.807, 2.05) is 30.3 Å². The van der Waals surface area contributed by atoms with Gasteiger partial charge >= 0.3 is 6.09 Å². The zero-order valence-corrected chi connectivity index (χ0v) is 11.8. The van der Waals surface area contributed by atoms with Crippen molar-refractivity contribution >= 4 is 6.09 Å². The molecule has 1 aromatic heterocycles. The van der Waals surface area contributed by atoms with E-state index in [9.17, 15) is 9.59 Å². The number of fused-ring (bicyclic) bond motifs is 1. The largest absolute Gasteiger partial charge is 0.445 e. The van der Waals surface area contributed by atoms with Crippen molar-refractivity contribution in [1.29, 1.82) is 0 Å². The van der Waals surface area contributed by atoms with Crippen molar-refractivity contribution in [3.63, 3.8) is 0 Å². The summed E-state index contributed by atoms with van der Waals surface area (Å²) in [7, 11) is 1.78. The molecule has 1 aliphatic heterocycles. The Morgan fingerprint density at radius 2 is 2.10 bits per heavy atom. The highest BCUT2D eigenvalue weighted by Gasteiger charge is 2.26. The number of amides is 1. The van der Waals surface area contributed by atoms with E-state index < -0.39 is 0 Å². The predicted octanol–water partition coefficient (Wildman–Crippen LogP) is 1.41. The summed E-state index contributed by atoms with van der Waals surface area (Å²) < 4.78 is 6.99. The molecule has 0 fully saturated rings. The number of carbonyl (C=O) groups excluding carboxylic acids is 1. The Kier molecular flexibility index (Phi) is 3.51. The highest BCUT2D eigenvalue weighted by atomic mass is 16.6. The van der Waals surface area contributed by atoms with Crippen LogP contribution in [0.2, 0.25) is 0 Å². The van der Waals surface area contributed by atoms with E-state index in [0.717, 1.165) is 16.8 Å². The normalized spacial score (nSPS) is 13.9. The molecule has 3 rings (SSSR count). The van der Waals surface area contributed by atoms with Crippen LogP contribution in [0.5, 0.6) is 0 Å². The van der Waals surface area contributed by atoms with Crippen molar-refractivity contribution in [3.05, 3.63) is 57.5 Å². The van der Waals surface area contributed by atoms with Crippen molar-refractivity contribution in [1.82, 2.24) is 14.7 Å². The van der Waals surface area contributed by atoms with E-state index >= 15 is 0 Å². The van der Waals surface area contributed by atoms with Gasteiger partial charge in [-0.3, -0.25) is 14.6 Å². The highest BCUT2D eigenvalue weighted by molar-refractivity contribution is 5.68. The average Bonchev–Trinajstić information content (AvgIpc) is 2.80. The molecule has 0 radical (unpaired) electrons.